The lowest BCUT2D eigenvalue weighted by molar-refractivity contribution is -0.169. The zero-order valence-electron chi connectivity index (χ0n) is 19.7. The maximum Gasteiger partial charge on any atom is 0.357 e. The second-order valence-corrected chi connectivity index (χ2v) is 8.44. The third kappa shape index (κ3) is 4.28. The van der Waals surface area contributed by atoms with E-state index in [4.69, 9.17) is 18.9 Å². The number of carbonyl (C=O) groups is 2. The highest BCUT2D eigenvalue weighted by atomic mass is 16.7. The molecule has 0 radical (unpaired) electrons. The third-order valence-electron chi connectivity index (χ3n) is 6.50. The molecule has 2 saturated heterocycles. The van der Waals surface area contributed by atoms with E-state index < -0.39 is 17.7 Å². The summed E-state index contributed by atoms with van der Waals surface area (Å²) in [5, 5.41) is 4.65. The zero-order valence-corrected chi connectivity index (χ0v) is 19.7. The molecule has 1 spiro atoms. The molecular formula is C26H27N3O6. The first-order valence-corrected chi connectivity index (χ1v) is 11.5. The number of rotatable bonds is 5. The number of carbonyl (C=O) groups excluding carboxylic acids is 2. The van der Waals surface area contributed by atoms with Crippen molar-refractivity contribution in [2.75, 3.05) is 45.4 Å². The topological polar surface area (TPSA) is 92.1 Å². The summed E-state index contributed by atoms with van der Waals surface area (Å²) in [6, 6.07) is 16.9. The van der Waals surface area contributed by atoms with Crippen molar-refractivity contribution in [1.29, 1.82) is 0 Å². The number of methoxy groups -OCH3 is 2. The number of aromatic nitrogens is 2. The van der Waals surface area contributed by atoms with Crippen LogP contribution in [0, 0.1) is 0 Å². The number of ether oxygens (including phenoxy) is 4. The van der Waals surface area contributed by atoms with Gasteiger partial charge in [-0.3, -0.25) is 0 Å². The fourth-order valence-corrected chi connectivity index (χ4v) is 4.68. The van der Waals surface area contributed by atoms with Gasteiger partial charge in [0.25, 0.3) is 0 Å². The van der Waals surface area contributed by atoms with E-state index in [-0.39, 0.29) is 11.3 Å². The molecule has 0 aliphatic carbocycles. The van der Waals surface area contributed by atoms with Gasteiger partial charge in [0.15, 0.2) is 11.5 Å². The van der Waals surface area contributed by atoms with Crippen LogP contribution in [0.3, 0.4) is 0 Å². The molecular weight excluding hydrogens is 450 g/mol. The summed E-state index contributed by atoms with van der Waals surface area (Å²) >= 11 is 0. The second kappa shape index (κ2) is 9.52. The predicted octanol–water partition coefficient (Wildman–Crippen LogP) is 3.46. The standard InChI is InChI=1S/C26H27N3O6/c1-32-24(30)21-22(27-29(23(21)25(31)33-2)20-6-4-3-5-7-20)18-8-10-19(11-9-18)28-14-12-26(13-15-28)34-16-17-35-26/h3-11H,12-17H2,1-2H3. The monoisotopic (exact) mass is 477 g/mol. The number of para-hydroxylation sites is 1. The number of nitrogens with zero attached hydrogens (tertiary/aromatic N) is 3. The Hall–Kier alpha value is -3.69. The summed E-state index contributed by atoms with van der Waals surface area (Å²) in [7, 11) is 2.54. The molecule has 0 amide bonds. The number of hydrogen-bond acceptors (Lipinski definition) is 8. The molecule has 5 rings (SSSR count). The molecule has 35 heavy (non-hydrogen) atoms. The van der Waals surface area contributed by atoms with Crippen molar-refractivity contribution < 1.29 is 28.5 Å². The van der Waals surface area contributed by atoms with Crippen molar-refractivity contribution in [3.63, 3.8) is 0 Å². The SMILES string of the molecule is COC(=O)c1c(-c2ccc(N3CCC4(CC3)OCCO4)cc2)nn(-c2ccccc2)c1C(=O)OC. The van der Waals surface area contributed by atoms with E-state index >= 15 is 0 Å². The van der Waals surface area contributed by atoms with Crippen LogP contribution in [0.2, 0.25) is 0 Å². The molecule has 182 valence electrons. The van der Waals surface area contributed by atoms with Gasteiger partial charge in [-0.25, -0.2) is 14.3 Å². The van der Waals surface area contributed by atoms with Gasteiger partial charge in [-0.2, -0.15) is 5.10 Å². The molecule has 2 aromatic carbocycles. The number of esters is 2. The largest absolute Gasteiger partial charge is 0.465 e. The van der Waals surface area contributed by atoms with Gasteiger partial charge in [-0.05, 0) is 24.3 Å². The summed E-state index contributed by atoms with van der Waals surface area (Å²) < 4.78 is 23.1. The van der Waals surface area contributed by atoms with Crippen molar-refractivity contribution in [3.8, 4) is 16.9 Å². The van der Waals surface area contributed by atoms with E-state index in [1.165, 1.54) is 18.9 Å². The molecule has 0 saturated carbocycles. The average Bonchev–Trinajstić information content (AvgIpc) is 3.54. The Morgan fingerprint density at radius 1 is 0.857 bits per heavy atom. The lowest BCUT2D eigenvalue weighted by atomic mass is 10.0. The normalized spacial score (nSPS) is 16.9. The highest BCUT2D eigenvalue weighted by Gasteiger charge is 2.40. The minimum Gasteiger partial charge on any atom is -0.465 e. The molecule has 3 aromatic rings. The van der Waals surface area contributed by atoms with Crippen molar-refractivity contribution in [2.24, 2.45) is 0 Å². The third-order valence-corrected chi connectivity index (χ3v) is 6.50. The summed E-state index contributed by atoms with van der Waals surface area (Å²) in [5.74, 6) is -1.77. The fraction of sp³-hybridized carbons (Fsp3) is 0.346. The highest BCUT2D eigenvalue weighted by Crippen LogP contribution is 2.35. The van der Waals surface area contributed by atoms with Crippen LogP contribution in [0.15, 0.2) is 54.6 Å². The van der Waals surface area contributed by atoms with Gasteiger partial charge in [0.05, 0.1) is 33.1 Å². The summed E-state index contributed by atoms with van der Waals surface area (Å²) in [5.41, 5.74) is 2.79. The maximum absolute atomic E-state index is 12.8. The molecule has 1 aromatic heterocycles. The van der Waals surface area contributed by atoms with E-state index in [1.54, 1.807) is 12.1 Å². The molecule has 0 N–H and O–H groups in total. The molecule has 3 heterocycles. The van der Waals surface area contributed by atoms with Gasteiger partial charge in [-0.1, -0.05) is 30.3 Å². The smallest absolute Gasteiger partial charge is 0.357 e. The van der Waals surface area contributed by atoms with Crippen LogP contribution >= 0.6 is 0 Å². The minimum absolute atomic E-state index is 0.0162. The van der Waals surface area contributed by atoms with Crippen molar-refractivity contribution in [2.45, 2.75) is 18.6 Å². The van der Waals surface area contributed by atoms with Gasteiger partial charge in [0.1, 0.15) is 11.3 Å². The van der Waals surface area contributed by atoms with Crippen LogP contribution in [-0.4, -0.2) is 68.0 Å². The van der Waals surface area contributed by atoms with Gasteiger partial charge in [0.2, 0.25) is 0 Å². The number of hydrogen-bond donors (Lipinski definition) is 0. The van der Waals surface area contributed by atoms with Crippen LogP contribution in [0.1, 0.15) is 33.7 Å². The molecule has 2 aliphatic heterocycles. The van der Waals surface area contributed by atoms with E-state index in [9.17, 15) is 9.59 Å². The molecule has 2 aliphatic rings. The lowest BCUT2D eigenvalue weighted by Crippen LogP contribution is -2.45. The number of benzene rings is 2. The Labute approximate surface area is 203 Å². The second-order valence-electron chi connectivity index (χ2n) is 8.44. The fourth-order valence-electron chi connectivity index (χ4n) is 4.68. The first kappa shape index (κ1) is 23.1. The highest BCUT2D eigenvalue weighted by molar-refractivity contribution is 6.06. The first-order valence-electron chi connectivity index (χ1n) is 11.5. The van der Waals surface area contributed by atoms with Crippen LogP contribution in [0.4, 0.5) is 5.69 Å². The predicted molar refractivity (Wildman–Crippen MR) is 128 cm³/mol. The Morgan fingerprint density at radius 3 is 2.09 bits per heavy atom. The van der Waals surface area contributed by atoms with Crippen molar-refractivity contribution >= 4 is 17.6 Å². The molecule has 0 atom stereocenters. The van der Waals surface area contributed by atoms with E-state index in [1.807, 2.05) is 42.5 Å². The summed E-state index contributed by atoms with van der Waals surface area (Å²) in [6.07, 6.45) is 1.62. The Morgan fingerprint density at radius 2 is 1.49 bits per heavy atom. The average molecular weight is 478 g/mol. The quantitative estimate of drug-likeness (QED) is 0.516. The summed E-state index contributed by atoms with van der Waals surface area (Å²) in [4.78, 5) is 27.8. The van der Waals surface area contributed by atoms with Gasteiger partial charge in [0, 0.05) is 37.2 Å². The lowest BCUT2D eigenvalue weighted by Gasteiger charge is -2.38. The Balaban J connectivity index is 1.50. The van der Waals surface area contributed by atoms with Crippen LogP contribution < -0.4 is 4.90 Å². The van der Waals surface area contributed by atoms with Gasteiger partial charge < -0.3 is 23.8 Å². The molecule has 9 heteroatoms. The van der Waals surface area contributed by atoms with Crippen LogP contribution in [0.5, 0.6) is 0 Å². The van der Waals surface area contributed by atoms with Gasteiger partial charge >= 0.3 is 11.9 Å². The zero-order chi connectivity index (χ0) is 24.4. The first-order chi connectivity index (χ1) is 17.0. The van der Waals surface area contributed by atoms with E-state index in [2.05, 4.69) is 10.00 Å². The van der Waals surface area contributed by atoms with Crippen molar-refractivity contribution in [1.82, 2.24) is 9.78 Å². The van der Waals surface area contributed by atoms with Crippen molar-refractivity contribution in [3.05, 3.63) is 65.9 Å². The van der Waals surface area contributed by atoms with Gasteiger partial charge in [-0.15, -0.1) is 0 Å². The summed E-state index contributed by atoms with van der Waals surface area (Å²) in [6.45, 7) is 2.95. The van der Waals surface area contributed by atoms with Crippen LogP contribution in [0.25, 0.3) is 16.9 Å². The molecule has 0 unspecified atom stereocenters. The minimum atomic E-state index is -0.678. The Kier molecular flexibility index (Phi) is 6.27. The maximum atomic E-state index is 12.8. The number of anilines is 1. The Bertz CT molecular complexity index is 1210. The van der Waals surface area contributed by atoms with Crippen LogP contribution in [-0.2, 0) is 18.9 Å². The van der Waals surface area contributed by atoms with E-state index in [0.29, 0.717) is 30.2 Å². The molecule has 9 nitrogen and oxygen atoms in total. The number of piperidine rings is 1. The molecule has 2 fully saturated rings. The molecule has 0 bridgehead atoms. The van der Waals surface area contributed by atoms with E-state index in [0.717, 1.165) is 31.6 Å².